The highest BCUT2D eigenvalue weighted by Gasteiger charge is 2.33. The Morgan fingerprint density at radius 3 is 2.83 bits per heavy atom. The van der Waals surface area contributed by atoms with Crippen LogP contribution >= 0.6 is 11.6 Å². The number of aromatic nitrogens is 4. The molecule has 0 saturated heterocycles. The zero-order chi connectivity index (χ0) is 20.8. The molecule has 5 rings (SSSR count). The number of nitrogens with one attached hydrogen (secondary N) is 2. The molecule has 1 aliphatic carbocycles. The molecule has 156 valence electrons. The second-order valence-corrected chi connectivity index (χ2v) is 8.51. The second-order valence-electron chi connectivity index (χ2n) is 8.10. The van der Waals surface area contributed by atoms with Crippen LogP contribution in [-0.2, 0) is 11.2 Å². The van der Waals surface area contributed by atoms with Gasteiger partial charge in [0.05, 0.1) is 22.4 Å². The predicted octanol–water partition coefficient (Wildman–Crippen LogP) is 3.09. The molecule has 1 amide bonds. The van der Waals surface area contributed by atoms with Crippen LogP contribution < -0.4 is 16.4 Å². The third kappa shape index (κ3) is 3.06. The summed E-state index contributed by atoms with van der Waals surface area (Å²) in [5.41, 5.74) is 9.98. The van der Waals surface area contributed by atoms with Crippen LogP contribution in [0, 0.1) is 5.92 Å². The van der Waals surface area contributed by atoms with Crippen LogP contribution in [0.5, 0.6) is 0 Å². The molecule has 1 atom stereocenters. The number of para-hydroxylation sites is 1. The number of carbonyl (C=O) groups is 1. The van der Waals surface area contributed by atoms with Crippen LogP contribution in [0.25, 0.3) is 5.52 Å². The molecule has 1 fully saturated rings. The maximum absolute atomic E-state index is 12.0. The number of benzene rings is 1. The lowest BCUT2D eigenvalue weighted by Gasteiger charge is -2.26. The fourth-order valence-electron chi connectivity index (χ4n) is 4.84. The highest BCUT2D eigenvalue weighted by Crippen LogP contribution is 2.42. The van der Waals surface area contributed by atoms with Gasteiger partial charge in [0, 0.05) is 25.3 Å². The van der Waals surface area contributed by atoms with Crippen molar-refractivity contribution >= 4 is 34.5 Å². The van der Waals surface area contributed by atoms with Crippen LogP contribution in [0.1, 0.15) is 54.7 Å². The minimum absolute atomic E-state index is 0.0424. The van der Waals surface area contributed by atoms with Crippen molar-refractivity contribution in [3.05, 3.63) is 46.6 Å². The van der Waals surface area contributed by atoms with Crippen LogP contribution in [0.15, 0.2) is 24.5 Å². The molecule has 8 nitrogen and oxygen atoms in total. The molecule has 2 aromatic heterocycles. The lowest BCUT2D eigenvalue weighted by atomic mass is 9.81. The fraction of sp³-hybridized carbons (Fsp3) is 0.429. The van der Waals surface area contributed by atoms with Crippen LogP contribution in [0.3, 0.4) is 0 Å². The molecule has 3 aromatic rings. The minimum atomic E-state index is -0.0424. The van der Waals surface area contributed by atoms with E-state index in [9.17, 15) is 4.79 Å². The van der Waals surface area contributed by atoms with Gasteiger partial charge in [0.25, 0.3) is 0 Å². The summed E-state index contributed by atoms with van der Waals surface area (Å²) in [6.45, 7) is 0. The van der Waals surface area contributed by atoms with Crippen LogP contribution in [-0.4, -0.2) is 32.5 Å². The van der Waals surface area contributed by atoms with Gasteiger partial charge in [0.2, 0.25) is 5.91 Å². The van der Waals surface area contributed by atoms with E-state index >= 15 is 0 Å². The first-order valence-electron chi connectivity index (χ1n) is 10.3. The number of imidazole rings is 1. The minimum Gasteiger partial charge on any atom is -0.382 e. The Bertz CT molecular complexity index is 1120. The number of carbonyl (C=O) groups excluding carboxylic acids is 1. The summed E-state index contributed by atoms with van der Waals surface area (Å²) in [4.78, 5) is 21.2. The van der Waals surface area contributed by atoms with Gasteiger partial charge in [-0.1, -0.05) is 23.7 Å². The molecule has 0 bridgehead atoms. The molecule has 1 aromatic carbocycles. The average Bonchev–Trinajstić information content (AvgIpc) is 3.37. The summed E-state index contributed by atoms with van der Waals surface area (Å²) in [7, 11) is 1.70. The van der Waals surface area contributed by atoms with Gasteiger partial charge in [-0.25, -0.2) is 14.5 Å². The molecular weight excluding hydrogens is 402 g/mol. The zero-order valence-corrected chi connectivity index (χ0v) is 17.5. The molecule has 1 saturated carbocycles. The SMILES string of the molecule is CNC(=O)[C@H]1CC[C@H](c2nc(C3Cc4cccc(Cl)c4N3)c3c(N)ncnn32)CC1. The number of nitrogens with zero attached hydrogens (tertiary/aromatic N) is 4. The maximum atomic E-state index is 12.0. The summed E-state index contributed by atoms with van der Waals surface area (Å²) in [5.74, 6) is 1.74. The van der Waals surface area contributed by atoms with E-state index in [1.54, 1.807) is 7.05 Å². The quantitative estimate of drug-likeness (QED) is 0.594. The summed E-state index contributed by atoms with van der Waals surface area (Å²) >= 11 is 6.38. The van der Waals surface area contributed by atoms with Crippen molar-refractivity contribution in [2.24, 2.45) is 5.92 Å². The topological polar surface area (TPSA) is 110 Å². The molecule has 30 heavy (non-hydrogen) atoms. The number of hydrogen-bond acceptors (Lipinski definition) is 6. The molecule has 9 heteroatoms. The molecule has 2 aliphatic rings. The van der Waals surface area contributed by atoms with Crippen molar-refractivity contribution in [2.45, 2.75) is 44.1 Å². The lowest BCUT2D eigenvalue weighted by molar-refractivity contribution is -0.125. The number of nitrogen functional groups attached to an aromatic ring is 1. The van der Waals surface area contributed by atoms with E-state index in [2.05, 4.69) is 26.8 Å². The van der Waals surface area contributed by atoms with Gasteiger partial charge in [-0.05, 0) is 37.3 Å². The van der Waals surface area contributed by atoms with Crippen LogP contribution in [0.2, 0.25) is 5.02 Å². The molecular formula is C21H24ClN7O. The van der Waals surface area contributed by atoms with Crippen molar-refractivity contribution in [1.29, 1.82) is 0 Å². The van der Waals surface area contributed by atoms with E-state index < -0.39 is 0 Å². The van der Waals surface area contributed by atoms with Crippen molar-refractivity contribution in [3.63, 3.8) is 0 Å². The summed E-state index contributed by atoms with van der Waals surface area (Å²) in [5, 5.41) is 11.5. The molecule has 3 heterocycles. The Morgan fingerprint density at radius 2 is 2.10 bits per heavy atom. The third-order valence-corrected chi connectivity index (χ3v) is 6.71. The van der Waals surface area contributed by atoms with Gasteiger partial charge in [-0.3, -0.25) is 4.79 Å². The van der Waals surface area contributed by atoms with E-state index in [-0.39, 0.29) is 23.8 Å². The zero-order valence-electron chi connectivity index (χ0n) is 16.7. The van der Waals surface area contributed by atoms with Gasteiger partial charge in [0.15, 0.2) is 5.82 Å². The molecule has 1 aliphatic heterocycles. The van der Waals surface area contributed by atoms with Crippen molar-refractivity contribution in [1.82, 2.24) is 24.9 Å². The Hall–Kier alpha value is -2.87. The number of anilines is 2. The van der Waals surface area contributed by atoms with Crippen molar-refractivity contribution in [2.75, 3.05) is 18.1 Å². The van der Waals surface area contributed by atoms with Gasteiger partial charge in [0.1, 0.15) is 17.7 Å². The Kier molecular flexibility index (Phi) is 4.73. The van der Waals surface area contributed by atoms with Crippen LogP contribution in [0.4, 0.5) is 11.5 Å². The average molecular weight is 426 g/mol. The summed E-state index contributed by atoms with van der Waals surface area (Å²) in [6.07, 6.45) is 5.73. The fourth-order valence-corrected chi connectivity index (χ4v) is 5.09. The number of nitrogens with two attached hydrogens (primary N) is 1. The number of rotatable bonds is 3. The van der Waals surface area contributed by atoms with E-state index in [4.69, 9.17) is 22.3 Å². The highest BCUT2D eigenvalue weighted by atomic mass is 35.5. The summed E-state index contributed by atoms with van der Waals surface area (Å²) in [6, 6.07) is 5.88. The highest BCUT2D eigenvalue weighted by molar-refractivity contribution is 6.33. The van der Waals surface area contributed by atoms with Gasteiger partial charge < -0.3 is 16.4 Å². The number of amides is 1. The standard InChI is InChI=1S/C21H24ClN7O/c1-24-21(30)12-7-5-11(6-8-12)20-28-17(18-19(23)25-10-26-29(18)20)15-9-13-3-2-4-14(22)16(13)27-15/h2-4,10-12,15,27H,5-9H2,1H3,(H,24,30)(H2,23,25,26)/t11-,12-,15?. The Balaban J connectivity index is 1.50. The van der Waals surface area contributed by atoms with Crippen molar-refractivity contribution < 1.29 is 4.79 Å². The lowest BCUT2D eigenvalue weighted by Crippen LogP contribution is -2.30. The van der Waals surface area contributed by atoms with E-state index in [0.29, 0.717) is 10.8 Å². The Morgan fingerprint density at radius 1 is 1.30 bits per heavy atom. The molecule has 4 N–H and O–H groups in total. The smallest absolute Gasteiger partial charge is 0.222 e. The Labute approximate surface area is 179 Å². The van der Waals surface area contributed by atoms with E-state index in [1.807, 2.05) is 16.6 Å². The predicted molar refractivity (Wildman–Crippen MR) is 115 cm³/mol. The number of halogens is 1. The van der Waals surface area contributed by atoms with E-state index in [0.717, 1.165) is 60.4 Å². The van der Waals surface area contributed by atoms with E-state index in [1.165, 1.54) is 6.33 Å². The maximum Gasteiger partial charge on any atom is 0.222 e. The number of hydrogen-bond donors (Lipinski definition) is 3. The van der Waals surface area contributed by atoms with Gasteiger partial charge in [-0.15, -0.1) is 0 Å². The number of fused-ring (bicyclic) bond motifs is 2. The van der Waals surface area contributed by atoms with Gasteiger partial charge >= 0.3 is 0 Å². The first-order valence-corrected chi connectivity index (χ1v) is 10.7. The molecule has 1 unspecified atom stereocenters. The second kappa shape index (κ2) is 7.43. The monoisotopic (exact) mass is 425 g/mol. The summed E-state index contributed by atoms with van der Waals surface area (Å²) < 4.78 is 1.84. The van der Waals surface area contributed by atoms with Crippen molar-refractivity contribution in [3.8, 4) is 0 Å². The first-order chi connectivity index (χ1) is 14.6. The molecule has 0 radical (unpaired) electrons. The third-order valence-electron chi connectivity index (χ3n) is 6.40. The molecule has 0 spiro atoms. The normalized spacial score (nSPS) is 23.2. The largest absolute Gasteiger partial charge is 0.382 e. The van der Waals surface area contributed by atoms with Gasteiger partial charge in [-0.2, -0.15) is 5.10 Å². The first kappa shape index (κ1) is 19.1.